The highest BCUT2D eigenvalue weighted by Gasteiger charge is 2.43. The number of ketones is 1. The van der Waals surface area contributed by atoms with Gasteiger partial charge in [0.05, 0.1) is 6.42 Å². The van der Waals surface area contributed by atoms with E-state index in [0.717, 1.165) is 0 Å². The molecule has 0 aromatic heterocycles. The molecule has 0 fully saturated rings. The average Bonchev–Trinajstić information content (AvgIpc) is 2.51. The molecule has 1 heterocycles. The van der Waals surface area contributed by atoms with Gasteiger partial charge in [0, 0.05) is 16.7 Å². The van der Waals surface area contributed by atoms with Crippen LogP contribution in [0.3, 0.4) is 0 Å². The third-order valence-corrected chi connectivity index (χ3v) is 4.43. The first-order valence-electron chi connectivity index (χ1n) is 6.87. The predicted molar refractivity (Wildman–Crippen MR) is 82.8 cm³/mol. The van der Waals surface area contributed by atoms with Gasteiger partial charge in [-0.2, -0.15) is 0 Å². The molecule has 0 aliphatic carbocycles. The van der Waals surface area contributed by atoms with Crippen molar-refractivity contribution in [2.24, 2.45) is 0 Å². The molecule has 0 amide bonds. The fourth-order valence-corrected chi connectivity index (χ4v) is 3.04. The van der Waals surface area contributed by atoms with E-state index in [4.69, 9.17) is 16.3 Å². The van der Waals surface area contributed by atoms with E-state index in [2.05, 4.69) is 0 Å². The Morgan fingerprint density at radius 2 is 1.73 bits per heavy atom. The van der Waals surface area contributed by atoms with Gasteiger partial charge in [-0.05, 0) is 13.8 Å². The molecule has 3 rings (SSSR count). The maximum absolute atomic E-state index is 12.5. The van der Waals surface area contributed by atoms with E-state index in [9.17, 15) is 15.0 Å². The number of benzene rings is 2. The quantitative estimate of drug-likeness (QED) is 0.785. The number of aromatic hydroxyl groups is 2. The van der Waals surface area contributed by atoms with Crippen LogP contribution >= 0.6 is 11.6 Å². The van der Waals surface area contributed by atoms with E-state index < -0.39 is 5.06 Å². The molecule has 2 aromatic rings. The van der Waals surface area contributed by atoms with Crippen molar-refractivity contribution in [1.29, 1.82) is 0 Å². The Balaban J connectivity index is 2.20. The van der Waals surface area contributed by atoms with Crippen molar-refractivity contribution in [3.05, 3.63) is 52.6 Å². The number of phenolic OH excluding ortho intramolecular Hbond substituents is 2. The second-order valence-electron chi connectivity index (χ2n) is 5.45. The number of rotatable bonds is 1. The van der Waals surface area contributed by atoms with Gasteiger partial charge in [-0.1, -0.05) is 41.9 Å². The van der Waals surface area contributed by atoms with Crippen LogP contribution in [0.2, 0.25) is 0 Å². The van der Waals surface area contributed by atoms with E-state index >= 15 is 0 Å². The summed E-state index contributed by atoms with van der Waals surface area (Å²) >= 11 is 6.53. The zero-order valence-electron chi connectivity index (χ0n) is 12.2. The summed E-state index contributed by atoms with van der Waals surface area (Å²) in [6, 6.07) is 9.00. The van der Waals surface area contributed by atoms with E-state index in [-0.39, 0.29) is 40.6 Å². The van der Waals surface area contributed by atoms with Gasteiger partial charge in [0.1, 0.15) is 22.8 Å². The molecule has 4 nitrogen and oxygen atoms in total. The van der Waals surface area contributed by atoms with Crippen LogP contribution in [0.4, 0.5) is 0 Å². The lowest BCUT2D eigenvalue weighted by Crippen LogP contribution is -2.34. The van der Waals surface area contributed by atoms with Crippen molar-refractivity contribution in [3.63, 3.8) is 0 Å². The molecule has 0 saturated heterocycles. The highest BCUT2D eigenvalue weighted by Crippen LogP contribution is 2.50. The normalized spacial score (nSPS) is 20.4. The lowest BCUT2D eigenvalue weighted by molar-refractivity contribution is 0.0757. The van der Waals surface area contributed by atoms with Gasteiger partial charge >= 0.3 is 0 Å². The minimum absolute atomic E-state index is 0.0833. The number of Topliss-reactive ketones (excluding diaryl/α,β-unsaturated/α-hetero) is 1. The lowest BCUT2D eigenvalue weighted by atomic mass is 9.91. The summed E-state index contributed by atoms with van der Waals surface area (Å²) in [5.74, 6) is -0.535. The number of hydrogen-bond acceptors (Lipinski definition) is 4. The van der Waals surface area contributed by atoms with Gasteiger partial charge in [-0.25, -0.2) is 0 Å². The highest BCUT2D eigenvalue weighted by molar-refractivity contribution is 6.26. The van der Waals surface area contributed by atoms with Crippen LogP contribution in [0, 0.1) is 13.8 Å². The maximum Gasteiger partial charge on any atom is 0.215 e. The molecule has 1 atom stereocenters. The van der Waals surface area contributed by atoms with Gasteiger partial charge in [0.25, 0.3) is 0 Å². The maximum atomic E-state index is 12.5. The Morgan fingerprint density at radius 3 is 2.36 bits per heavy atom. The minimum Gasteiger partial charge on any atom is -0.507 e. The monoisotopic (exact) mass is 318 g/mol. The van der Waals surface area contributed by atoms with Gasteiger partial charge < -0.3 is 14.9 Å². The first-order chi connectivity index (χ1) is 10.3. The standard InChI is InChI=1S/C17H15ClO4/c1-9-14(20)10(2)16-13(15(9)21)12(19)8-17(18,22-16)11-6-4-3-5-7-11/h3-7,20-21H,8H2,1-2H3. The molecule has 5 heteroatoms. The molecule has 114 valence electrons. The van der Waals surface area contributed by atoms with E-state index in [1.165, 1.54) is 0 Å². The molecular weight excluding hydrogens is 304 g/mol. The van der Waals surface area contributed by atoms with Crippen LogP contribution in [0.1, 0.15) is 33.5 Å². The van der Waals surface area contributed by atoms with Gasteiger partial charge in [0.2, 0.25) is 5.06 Å². The van der Waals surface area contributed by atoms with E-state index in [1.807, 2.05) is 6.07 Å². The van der Waals surface area contributed by atoms with Crippen molar-refractivity contribution in [2.45, 2.75) is 25.3 Å². The number of hydrogen-bond donors (Lipinski definition) is 2. The third kappa shape index (κ3) is 2.03. The van der Waals surface area contributed by atoms with Crippen LogP contribution in [0.25, 0.3) is 0 Å². The third-order valence-electron chi connectivity index (χ3n) is 4.01. The first kappa shape index (κ1) is 14.7. The number of phenols is 2. The summed E-state index contributed by atoms with van der Waals surface area (Å²) in [5, 5.41) is 18.9. The SMILES string of the molecule is Cc1c(O)c(C)c2c(c1O)C(=O)CC(Cl)(c1ccccc1)O2. The number of alkyl halides is 1. The summed E-state index contributed by atoms with van der Waals surface area (Å²) in [6.45, 7) is 3.17. The fourth-order valence-electron chi connectivity index (χ4n) is 2.71. The Morgan fingerprint density at radius 1 is 1.09 bits per heavy atom. The highest BCUT2D eigenvalue weighted by atomic mass is 35.5. The smallest absolute Gasteiger partial charge is 0.215 e. The molecule has 2 aromatic carbocycles. The molecule has 0 saturated carbocycles. The van der Waals surface area contributed by atoms with Crippen molar-refractivity contribution in [3.8, 4) is 17.2 Å². The van der Waals surface area contributed by atoms with Gasteiger partial charge in [0.15, 0.2) is 5.78 Å². The number of ether oxygens (including phenoxy) is 1. The number of carbonyl (C=O) groups excluding carboxylic acids is 1. The van der Waals surface area contributed by atoms with Crippen molar-refractivity contribution < 1.29 is 19.7 Å². The fraction of sp³-hybridized carbons (Fsp3) is 0.235. The van der Waals surface area contributed by atoms with Gasteiger partial charge in [-0.15, -0.1) is 0 Å². The van der Waals surface area contributed by atoms with Crippen molar-refractivity contribution >= 4 is 17.4 Å². The molecular formula is C17H15ClO4. The Kier molecular flexibility index (Phi) is 3.29. The Bertz CT molecular complexity index is 770. The van der Waals surface area contributed by atoms with E-state index in [0.29, 0.717) is 11.1 Å². The summed E-state index contributed by atoms with van der Waals surface area (Å²) in [5.41, 5.74) is 1.38. The van der Waals surface area contributed by atoms with Crippen molar-refractivity contribution in [1.82, 2.24) is 0 Å². The van der Waals surface area contributed by atoms with Crippen LogP contribution in [-0.4, -0.2) is 16.0 Å². The molecule has 0 radical (unpaired) electrons. The zero-order chi connectivity index (χ0) is 16.1. The van der Waals surface area contributed by atoms with E-state index in [1.54, 1.807) is 38.1 Å². The molecule has 1 unspecified atom stereocenters. The number of halogens is 1. The van der Waals surface area contributed by atoms with Crippen LogP contribution in [0.5, 0.6) is 17.2 Å². The predicted octanol–water partition coefficient (Wildman–Crippen LogP) is 3.77. The Hall–Kier alpha value is -2.20. The largest absolute Gasteiger partial charge is 0.507 e. The lowest BCUT2D eigenvalue weighted by Gasteiger charge is -2.34. The van der Waals surface area contributed by atoms with Gasteiger partial charge in [-0.3, -0.25) is 4.79 Å². The minimum atomic E-state index is -1.34. The summed E-state index contributed by atoms with van der Waals surface area (Å²) in [6.07, 6.45) is -0.0945. The second-order valence-corrected chi connectivity index (χ2v) is 6.06. The zero-order valence-corrected chi connectivity index (χ0v) is 12.9. The summed E-state index contributed by atoms with van der Waals surface area (Å²) in [7, 11) is 0. The summed E-state index contributed by atoms with van der Waals surface area (Å²) in [4.78, 5) is 12.5. The van der Waals surface area contributed by atoms with Crippen LogP contribution in [-0.2, 0) is 5.06 Å². The Labute approximate surface area is 132 Å². The molecule has 1 aliphatic heterocycles. The molecule has 2 N–H and O–H groups in total. The molecule has 1 aliphatic rings. The topological polar surface area (TPSA) is 66.8 Å². The molecule has 0 bridgehead atoms. The van der Waals surface area contributed by atoms with Crippen LogP contribution in [0.15, 0.2) is 30.3 Å². The van der Waals surface area contributed by atoms with Crippen LogP contribution < -0.4 is 4.74 Å². The second kappa shape index (κ2) is 4.92. The first-order valence-corrected chi connectivity index (χ1v) is 7.24. The molecule has 22 heavy (non-hydrogen) atoms. The summed E-state index contributed by atoms with van der Waals surface area (Å²) < 4.78 is 5.85. The number of fused-ring (bicyclic) bond motifs is 1. The molecule has 0 spiro atoms. The van der Waals surface area contributed by atoms with Crippen molar-refractivity contribution in [2.75, 3.05) is 0 Å². The average molecular weight is 319 g/mol. The number of carbonyl (C=O) groups is 1.